The van der Waals surface area contributed by atoms with Crippen LogP contribution < -0.4 is 20.4 Å². The second-order valence-corrected chi connectivity index (χ2v) is 10.4. The van der Waals surface area contributed by atoms with Crippen molar-refractivity contribution < 1.29 is 4.79 Å². The average molecular weight is 463 g/mol. The van der Waals surface area contributed by atoms with Gasteiger partial charge in [-0.1, -0.05) is 26.2 Å². The Balaban J connectivity index is 1.25. The highest BCUT2D eigenvalue weighted by Gasteiger charge is 2.54. The van der Waals surface area contributed by atoms with E-state index in [4.69, 9.17) is 4.98 Å². The summed E-state index contributed by atoms with van der Waals surface area (Å²) in [4.78, 5) is 34.2. The van der Waals surface area contributed by atoms with E-state index in [1.165, 1.54) is 19.3 Å². The Bertz CT molecular complexity index is 1060. The number of piperazine rings is 2. The van der Waals surface area contributed by atoms with Crippen LogP contribution in [0.5, 0.6) is 0 Å². The quantitative estimate of drug-likeness (QED) is 0.719. The molecule has 9 heteroatoms. The maximum atomic E-state index is 12.9. The van der Waals surface area contributed by atoms with Crippen molar-refractivity contribution in [2.75, 3.05) is 54.9 Å². The molecule has 2 saturated heterocycles. The Morgan fingerprint density at radius 1 is 1.06 bits per heavy atom. The van der Waals surface area contributed by atoms with Gasteiger partial charge < -0.3 is 25.3 Å². The molecule has 5 heterocycles. The van der Waals surface area contributed by atoms with Crippen LogP contribution in [0.2, 0.25) is 0 Å². The zero-order valence-corrected chi connectivity index (χ0v) is 20.1. The van der Waals surface area contributed by atoms with Gasteiger partial charge in [-0.15, -0.1) is 0 Å². The first-order chi connectivity index (χ1) is 16.5. The molecule has 0 bridgehead atoms. The summed E-state index contributed by atoms with van der Waals surface area (Å²) < 4.78 is 0. The van der Waals surface area contributed by atoms with Gasteiger partial charge in [-0.2, -0.15) is 4.98 Å². The number of carbonyl (C=O) groups excluding carboxylic acids is 1. The zero-order chi connectivity index (χ0) is 23.3. The maximum Gasteiger partial charge on any atom is 0.243 e. The SMILES string of the molecule is CC1c2cnc(Nc3ccc(N4CCN(C)CC4)cn3)nc2N2C1C(=O)NCC21CCCCC1. The fourth-order valence-electron chi connectivity index (χ4n) is 6.24. The molecule has 1 saturated carbocycles. The van der Waals surface area contributed by atoms with Crippen LogP contribution in [0.25, 0.3) is 0 Å². The molecule has 2 N–H and O–H groups in total. The fourth-order valence-corrected chi connectivity index (χ4v) is 6.24. The first kappa shape index (κ1) is 21.6. The fraction of sp³-hybridized carbons (Fsp3) is 0.600. The average Bonchev–Trinajstić information content (AvgIpc) is 3.17. The van der Waals surface area contributed by atoms with Crippen molar-refractivity contribution in [2.45, 2.75) is 56.5 Å². The third-order valence-corrected chi connectivity index (χ3v) is 8.28. The Labute approximate surface area is 201 Å². The maximum absolute atomic E-state index is 12.9. The molecule has 1 amide bonds. The summed E-state index contributed by atoms with van der Waals surface area (Å²) in [6.07, 6.45) is 9.67. The van der Waals surface area contributed by atoms with Crippen LogP contribution in [0.3, 0.4) is 0 Å². The molecule has 2 aromatic rings. The lowest BCUT2D eigenvalue weighted by atomic mass is 9.77. The molecule has 0 aromatic carbocycles. The van der Waals surface area contributed by atoms with E-state index in [2.05, 4.69) is 55.3 Å². The van der Waals surface area contributed by atoms with Crippen molar-refractivity contribution in [3.8, 4) is 0 Å². The van der Waals surface area contributed by atoms with Crippen molar-refractivity contribution in [1.82, 2.24) is 25.2 Å². The molecule has 0 radical (unpaired) electrons. The van der Waals surface area contributed by atoms with Gasteiger partial charge in [0.15, 0.2) is 0 Å². The Morgan fingerprint density at radius 2 is 1.85 bits per heavy atom. The summed E-state index contributed by atoms with van der Waals surface area (Å²) >= 11 is 0. The van der Waals surface area contributed by atoms with Crippen molar-refractivity contribution in [2.24, 2.45) is 0 Å². The molecule has 4 aliphatic rings. The molecule has 1 aliphatic carbocycles. The molecule has 1 spiro atoms. The number of rotatable bonds is 3. The standard InChI is InChI=1S/C25H34N8O/c1-17-19-15-27-24(29-20-7-6-18(14-26-20)32-12-10-31(2)11-13-32)30-22(19)33-21(17)23(34)28-16-25(33)8-4-3-5-9-25/h6-7,14-15,17,21H,3-5,8-13,16H2,1-2H3,(H,28,34)(H,26,27,29,30). The van der Waals surface area contributed by atoms with Gasteiger partial charge in [-0.3, -0.25) is 4.79 Å². The van der Waals surface area contributed by atoms with Gasteiger partial charge in [0.25, 0.3) is 0 Å². The van der Waals surface area contributed by atoms with E-state index in [1.807, 2.05) is 18.5 Å². The van der Waals surface area contributed by atoms with Gasteiger partial charge in [-0.05, 0) is 32.0 Å². The summed E-state index contributed by atoms with van der Waals surface area (Å²) in [6, 6.07) is 3.90. The lowest BCUT2D eigenvalue weighted by Gasteiger charge is -2.51. The zero-order valence-electron chi connectivity index (χ0n) is 20.1. The molecule has 3 aliphatic heterocycles. The third kappa shape index (κ3) is 3.57. The molecule has 9 nitrogen and oxygen atoms in total. The Hall–Kier alpha value is -2.94. The van der Waals surface area contributed by atoms with Crippen LogP contribution in [0.4, 0.5) is 23.3 Å². The smallest absolute Gasteiger partial charge is 0.243 e. The molecule has 180 valence electrons. The number of likely N-dealkylation sites (N-methyl/N-ethyl adjacent to an activating group) is 1. The highest BCUT2D eigenvalue weighted by Crippen LogP contribution is 2.49. The molecular formula is C25H34N8O. The summed E-state index contributed by atoms with van der Waals surface area (Å²) in [7, 11) is 2.16. The molecule has 2 unspecified atom stereocenters. The van der Waals surface area contributed by atoms with Crippen molar-refractivity contribution in [1.29, 1.82) is 0 Å². The van der Waals surface area contributed by atoms with E-state index in [-0.39, 0.29) is 23.4 Å². The monoisotopic (exact) mass is 462 g/mol. The largest absolute Gasteiger partial charge is 0.368 e. The van der Waals surface area contributed by atoms with Crippen molar-refractivity contribution in [3.63, 3.8) is 0 Å². The topological polar surface area (TPSA) is 89.5 Å². The molecule has 6 rings (SSSR count). The van der Waals surface area contributed by atoms with E-state index in [1.54, 1.807) is 0 Å². The van der Waals surface area contributed by atoms with Gasteiger partial charge in [0, 0.05) is 50.4 Å². The lowest BCUT2D eigenvalue weighted by Crippen LogP contribution is -2.68. The summed E-state index contributed by atoms with van der Waals surface area (Å²) in [5, 5.41) is 6.50. The second kappa shape index (κ2) is 8.37. The number of anilines is 4. The van der Waals surface area contributed by atoms with Crippen LogP contribution >= 0.6 is 0 Å². The van der Waals surface area contributed by atoms with Gasteiger partial charge >= 0.3 is 0 Å². The normalized spacial score (nSPS) is 26.2. The molecule has 34 heavy (non-hydrogen) atoms. The first-order valence-electron chi connectivity index (χ1n) is 12.6. The predicted molar refractivity (Wildman–Crippen MR) is 133 cm³/mol. The molecule has 3 fully saturated rings. The number of fused-ring (bicyclic) bond motifs is 4. The number of pyridine rings is 1. The third-order valence-electron chi connectivity index (χ3n) is 8.28. The van der Waals surface area contributed by atoms with Gasteiger partial charge in [0.05, 0.1) is 17.4 Å². The number of hydrogen-bond acceptors (Lipinski definition) is 8. The van der Waals surface area contributed by atoms with E-state index >= 15 is 0 Å². The van der Waals surface area contributed by atoms with Crippen LogP contribution in [0, 0.1) is 0 Å². The minimum Gasteiger partial charge on any atom is -0.368 e. The first-order valence-corrected chi connectivity index (χ1v) is 12.6. The van der Waals surface area contributed by atoms with E-state index in [9.17, 15) is 4.79 Å². The lowest BCUT2D eigenvalue weighted by molar-refractivity contribution is -0.125. The van der Waals surface area contributed by atoms with E-state index in [0.717, 1.165) is 61.9 Å². The number of amides is 1. The van der Waals surface area contributed by atoms with Gasteiger partial charge in [0.1, 0.15) is 17.7 Å². The van der Waals surface area contributed by atoms with Crippen LogP contribution in [-0.4, -0.2) is 77.1 Å². The summed E-state index contributed by atoms with van der Waals surface area (Å²) in [5.41, 5.74) is 2.17. The summed E-state index contributed by atoms with van der Waals surface area (Å²) in [6.45, 7) is 7.00. The molecule has 2 atom stereocenters. The van der Waals surface area contributed by atoms with Crippen LogP contribution in [0.15, 0.2) is 24.5 Å². The number of hydrogen-bond donors (Lipinski definition) is 2. The molecular weight excluding hydrogens is 428 g/mol. The van der Waals surface area contributed by atoms with E-state index < -0.39 is 0 Å². The second-order valence-electron chi connectivity index (χ2n) is 10.4. The molecule has 2 aromatic heterocycles. The van der Waals surface area contributed by atoms with Gasteiger partial charge in [0.2, 0.25) is 11.9 Å². The van der Waals surface area contributed by atoms with Crippen LogP contribution in [-0.2, 0) is 4.79 Å². The Kier molecular flexibility index (Phi) is 5.32. The van der Waals surface area contributed by atoms with E-state index in [0.29, 0.717) is 12.5 Å². The van der Waals surface area contributed by atoms with Crippen LogP contribution in [0.1, 0.15) is 50.5 Å². The highest BCUT2D eigenvalue weighted by molar-refractivity contribution is 5.91. The minimum atomic E-state index is -0.201. The minimum absolute atomic E-state index is 0.0373. The number of nitrogens with zero attached hydrogens (tertiary/aromatic N) is 6. The van der Waals surface area contributed by atoms with Crippen molar-refractivity contribution in [3.05, 3.63) is 30.1 Å². The summed E-state index contributed by atoms with van der Waals surface area (Å²) in [5.74, 6) is 2.36. The number of aromatic nitrogens is 3. The van der Waals surface area contributed by atoms with Gasteiger partial charge in [-0.25, -0.2) is 9.97 Å². The number of carbonyl (C=O) groups is 1. The highest BCUT2D eigenvalue weighted by atomic mass is 16.2. The predicted octanol–water partition coefficient (Wildman–Crippen LogP) is 2.49. The van der Waals surface area contributed by atoms with Crippen molar-refractivity contribution >= 4 is 29.2 Å². The number of nitrogens with one attached hydrogen (secondary N) is 2. The Morgan fingerprint density at radius 3 is 2.59 bits per heavy atom.